The van der Waals surface area contributed by atoms with Gasteiger partial charge in [0.1, 0.15) is 0 Å². The summed E-state index contributed by atoms with van der Waals surface area (Å²) in [5, 5.41) is 19.0. The second kappa shape index (κ2) is 13.0. The molecule has 0 saturated heterocycles. The van der Waals surface area contributed by atoms with Crippen molar-refractivity contribution in [3.63, 3.8) is 0 Å². The first kappa shape index (κ1) is 31.3. The molecular weight excluding hydrogens is 655 g/mol. The fourth-order valence-corrected chi connectivity index (χ4v) is 7.81. The van der Waals surface area contributed by atoms with Crippen LogP contribution in [0, 0.1) is 11.3 Å². The van der Waals surface area contributed by atoms with Crippen molar-refractivity contribution in [2.24, 2.45) is 0 Å². The van der Waals surface area contributed by atoms with Gasteiger partial charge in [0.25, 0.3) is 0 Å². The molecule has 0 spiro atoms. The monoisotopic (exact) mass is 685 g/mol. The van der Waals surface area contributed by atoms with Crippen LogP contribution in [0.25, 0.3) is 99.2 Å². The molecule has 0 aliphatic rings. The number of nitriles is 1. The Morgan fingerprint density at radius 3 is 1.63 bits per heavy atom. The smallest absolute Gasteiger partial charge is 0.160 e. The molecule has 10 aromatic rings. The standard InChI is InChI=1S/C51H31N3/c52-32-33-18-20-34(21-19-33)42-26-27-47(45-16-8-6-15-44(42)45)50-31-49(53-51(54-50)35-10-2-1-3-11-35)40-25-23-36-28-39(24-22-37(36)29-40)48-30-38-12-4-5-13-41(38)43-14-7-9-17-46(43)48/h1-31H. The van der Waals surface area contributed by atoms with E-state index in [1.165, 1.54) is 38.1 Å². The van der Waals surface area contributed by atoms with E-state index in [1.807, 2.05) is 42.5 Å². The van der Waals surface area contributed by atoms with Gasteiger partial charge in [0.2, 0.25) is 0 Å². The highest BCUT2D eigenvalue weighted by Gasteiger charge is 2.16. The normalized spacial score (nSPS) is 11.3. The summed E-state index contributed by atoms with van der Waals surface area (Å²) in [6, 6.07) is 68.2. The average Bonchev–Trinajstić information content (AvgIpc) is 3.25. The van der Waals surface area contributed by atoms with Gasteiger partial charge in [-0.05, 0) is 102 Å². The Hall–Kier alpha value is -7.41. The van der Waals surface area contributed by atoms with Crippen LogP contribution in [-0.4, -0.2) is 9.97 Å². The zero-order valence-electron chi connectivity index (χ0n) is 29.2. The van der Waals surface area contributed by atoms with Crippen molar-refractivity contribution < 1.29 is 0 Å². The molecule has 10 rings (SSSR count). The first-order chi connectivity index (χ1) is 26.7. The van der Waals surface area contributed by atoms with Gasteiger partial charge in [0.15, 0.2) is 5.82 Å². The minimum Gasteiger partial charge on any atom is -0.228 e. The lowest BCUT2D eigenvalue weighted by Gasteiger charge is -2.14. The lowest BCUT2D eigenvalue weighted by atomic mass is 9.92. The van der Waals surface area contributed by atoms with Crippen molar-refractivity contribution in [1.82, 2.24) is 9.97 Å². The average molecular weight is 686 g/mol. The number of hydrogen-bond acceptors (Lipinski definition) is 3. The van der Waals surface area contributed by atoms with Crippen LogP contribution in [0.3, 0.4) is 0 Å². The predicted molar refractivity (Wildman–Crippen MR) is 224 cm³/mol. The fourth-order valence-electron chi connectivity index (χ4n) is 7.81. The molecule has 1 aromatic heterocycles. The number of benzene rings is 9. The van der Waals surface area contributed by atoms with Crippen molar-refractivity contribution in [3.8, 4) is 62.2 Å². The van der Waals surface area contributed by atoms with Crippen LogP contribution >= 0.6 is 0 Å². The third-order valence-electron chi connectivity index (χ3n) is 10.5. The maximum absolute atomic E-state index is 9.35. The maximum Gasteiger partial charge on any atom is 0.160 e. The van der Waals surface area contributed by atoms with Crippen LogP contribution in [0.2, 0.25) is 0 Å². The molecule has 3 nitrogen and oxygen atoms in total. The minimum absolute atomic E-state index is 0.648. The molecule has 0 fully saturated rings. The van der Waals surface area contributed by atoms with Gasteiger partial charge in [-0.3, -0.25) is 0 Å². The molecule has 1 heterocycles. The second-order valence-corrected chi connectivity index (χ2v) is 13.7. The highest BCUT2D eigenvalue weighted by Crippen LogP contribution is 2.39. The zero-order chi connectivity index (χ0) is 36.0. The summed E-state index contributed by atoms with van der Waals surface area (Å²) < 4.78 is 0. The van der Waals surface area contributed by atoms with Crippen molar-refractivity contribution >= 4 is 43.1 Å². The maximum atomic E-state index is 9.35. The van der Waals surface area contributed by atoms with E-state index >= 15 is 0 Å². The van der Waals surface area contributed by atoms with Gasteiger partial charge in [0.05, 0.1) is 23.0 Å². The Kier molecular flexibility index (Phi) is 7.53. The van der Waals surface area contributed by atoms with E-state index in [-0.39, 0.29) is 0 Å². The summed E-state index contributed by atoms with van der Waals surface area (Å²) in [7, 11) is 0. The molecule has 0 atom stereocenters. The summed E-state index contributed by atoms with van der Waals surface area (Å²) in [5.41, 5.74) is 10.0. The van der Waals surface area contributed by atoms with Crippen molar-refractivity contribution in [2.45, 2.75) is 0 Å². The van der Waals surface area contributed by atoms with Gasteiger partial charge in [-0.2, -0.15) is 5.26 Å². The molecule has 250 valence electrons. The number of nitrogens with zero attached hydrogens (tertiary/aromatic N) is 3. The molecule has 0 N–H and O–H groups in total. The largest absolute Gasteiger partial charge is 0.228 e. The lowest BCUT2D eigenvalue weighted by Crippen LogP contribution is -1.97. The quantitative estimate of drug-likeness (QED) is 0.169. The highest BCUT2D eigenvalue weighted by atomic mass is 14.9. The van der Waals surface area contributed by atoms with Gasteiger partial charge in [-0.15, -0.1) is 0 Å². The summed E-state index contributed by atoms with van der Waals surface area (Å²) in [6.07, 6.45) is 0. The van der Waals surface area contributed by atoms with Gasteiger partial charge in [-0.25, -0.2) is 9.97 Å². The summed E-state index contributed by atoms with van der Waals surface area (Å²) in [4.78, 5) is 10.3. The molecule has 0 aliphatic heterocycles. The molecule has 0 saturated carbocycles. The molecule has 54 heavy (non-hydrogen) atoms. The van der Waals surface area contributed by atoms with Crippen molar-refractivity contribution in [3.05, 3.63) is 194 Å². The fraction of sp³-hybridized carbons (Fsp3) is 0. The molecule has 0 amide bonds. The van der Waals surface area contributed by atoms with Gasteiger partial charge in [0, 0.05) is 16.7 Å². The van der Waals surface area contributed by atoms with E-state index in [0.717, 1.165) is 55.4 Å². The SMILES string of the molecule is N#Cc1ccc(-c2ccc(-c3cc(-c4ccc5cc(-c6cc7ccccc7c7ccccc67)ccc5c4)nc(-c4ccccc4)n3)c3ccccc23)cc1. The Morgan fingerprint density at radius 2 is 0.889 bits per heavy atom. The Bertz CT molecular complexity index is 3100. The van der Waals surface area contributed by atoms with Crippen LogP contribution in [-0.2, 0) is 0 Å². The van der Waals surface area contributed by atoms with E-state index < -0.39 is 0 Å². The van der Waals surface area contributed by atoms with Gasteiger partial charge >= 0.3 is 0 Å². The molecule has 0 radical (unpaired) electrons. The molecule has 0 bridgehead atoms. The van der Waals surface area contributed by atoms with E-state index in [1.54, 1.807) is 0 Å². The highest BCUT2D eigenvalue weighted by molar-refractivity contribution is 6.14. The van der Waals surface area contributed by atoms with E-state index in [0.29, 0.717) is 11.4 Å². The molecule has 9 aromatic carbocycles. The Labute approximate surface area is 313 Å². The topological polar surface area (TPSA) is 49.6 Å². The van der Waals surface area contributed by atoms with Crippen LogP contribution in [0.5, 0.6) is 0 Å². The lowest BCUT2D eigenvalue weighted by molar-refractivity contribution is 1.19. The Morgan fingerprint density at radius 1 is 0.333 bits per heavy atom. The van der Waals surface area contributed by atoms with Gasteiger partial charge < -0.3 is 0 Å². The van der Waals surface area contributed by atoms with Crippen molar-refractivity contribution in [1.29, 1.82) is 5.26 Å². The summed E-state index contributed by atoms with van der Waals surface area (Å²) in [5.74, 6) is 0.682. The second-order valence-electron chi connectivity index (χ2n) is 13.7. The zero-order valence-corrected chi connectivity index (χ0v) is 29.2. The summed E-state index contributed by atoms with van der Waals surface area (Å²) in [6.45, 7) is 0. The first-order valence-electron chi connectivity index (χ1n) is 18.1. The van der Waals surface area contributed by atoms with E-state index in [2.05, 4.69) is 152 Å². The number of aromatic nitrogens is 2. The van der Waals surface area contributed by atoms with Gasteiger partial charge in [-0.1, -0.05) is 152 Å². The van der Waals surface area contributed by atoms with Crippen LogP contribution in [0.1, 0.15) is 5.56 Å². The third-order valence-corrected chi connectivity index (χ3v) is 10.5. The van der Waals surface area contributed by atoms with Crippen molar-refractivity contribution in [2.75, 3.05) is 0 Å². The molecule has 0 unspecified atom stereocenters. The molecule has 3 heteroatoms. The third kappa shape index (κ3) is 5.46. The predicted octanol–water partition coefficient (Wildman–Crippen LogP) is 13.3. The molecular formula is C51H31N3. The number of hydrogen-bond donors (Lipinski definition) is 0. The van der Waals surface area contributed by atoms with E-state index in [4.69, 9.17) is 9.97 Å². The number of fused-ring (bicyclic) bond motifs is 5. The molecule has 0 aliphatic carbocycles. The first-order valence-corrected chi connectivity index (χ1v) is 18.1. The van der Waals surface area contributed by atoms with E-state index in [9.17, 15) is 5.26 Å². The van der Waals surface area contributed by atoms with Crippen LogP contribution in [0.15, 0.2) is 188 Å². The number of rotatable bonds is 5. The van der Waals surface area contributed by atoms with Crippen LogP contribution in [0.4, 0.5) is 0 Å². The van der Waals surface area contributed by atoms with Crippen LogP contribution < -0.4 is 0 Å². The Balaban J connectivity index is 1.10. The minimum atomic E-state index is 0.648. The summed E-state index contributed by atoms with van der Waals surface area (Å²) >= 11 is 0.